The van der Waals surface area contributed by atoms with Gasteiger partial charge in [0.05, 0.1) is 11.0 Å². The van der Waals surface area contributed by atoms with Crippen LogP contribution < -0.4 is 5.73 Å². The SMILES string of the molecule is COCCCn1c(C2CCCN(C(=O)CC(N)Cc3ccc4ccccc4c3)C2)nc2cc(C)ccc21. The molecular weight excluding hydrogens is 460 g/mol. The van der Waals surface area contributed by atoms with Crippen molar-refractivity contribution in [2.75, 3.05) is 26.8 Å². The summed E-state index contributed by atoms with van der Waals surface area (Å²) in [5.74, 6) is 1.47. The van der Waals surface area contributed by atoms with E-state index in [2.05, 4.69) is 66.1 Å². The maximum absolute atomic E-state index is 13.3. The van der Waals surface area contributed by atoms with Gasteiger partial charge in [-0.2, -0.15) is 0 Å². The number of rotatable bonds is 9. The fraction of sp³-hybridized carbons (Fsp3) is 0.419. The summed E-state index contributed by atoms with van der Waals surface area (Å²) >= 11 is 0. The van der Waals surface area contributed by atoms with E-state index in [0.717, 1.165) is 55.8 Å². The van der Waals surface area contributed by atoms with Gasteiger partial charge in [-0.25, -0.2) is 4.98 Å². The van der Waals surface area contributed by atoms with Gasteiger partial charge in [-0.15, -0.1) is 0 Å². The molecule has 37 heavy (non-hydrogen) atoms. The lowest BCUT2D eigenvalue weighted by Crippen LogP contribution is -2.42. The van der Waals surface area contributed by atoms with Crippen molar-refractivity contribution in [2.24, 2.45) is 5.73 Å². The number of amides is 1. The van der Waals surface area contributed by atoms with Crippen LogP contribution in [0.4, 0.5) is 0 Å². The van der Waals surface area contributed by atoms with E-state index in [1.54, 1.807) is 7.11 Å². The molecule has 6 nitrogen and oxygen atoms in total. The summed E-state index contributed by atoms with van der Waals surface area (Å²) in [5.41, 5.74) is 11.1. The summed E-state index contributed by atoms with van der Waals surface area (Å²) in [5, 5.41) is 2.43. The number of ether oxygens (including phenoxy) is 1. The van der Waals surface area contributed by atoms with Crippen molar-refractivity contribution in [2.45, 2.75) is 57.5 Å². The monoisotopic (exact) mass is 498 g/mol. The van der Waals surface area contributed by atoms with Crippen LogP contribution in [0, 0.1) is 6.92 Å². The van der Waals surface area contributed by atoms with Crippen LogP contribution in [0.15, 0.2) is 60.7 Å². The summed E-state index contributed by atoms with van der Waals surface area (Å²) in [4.78, 5) is 20.4. The summed E-state index contributed by atoms with van der Waals surface area (Å²) in [6, 6.07) is 21.1. The summed E-state index contributed by atoms with van der Waals surface area (Å²) in [6.07, 6.45) is 4.02. The lowest BCUT2D eigenvalue weighted by Gasteiger charge is -2.33. The molecule has 0 spiro atoms. The number of benzene rings is 3. The van der Waals surface area contributed by atoms with Crippen LogP contribution in [0.2, 0.25) is 0 Å². The van der Waals surface area contributed by atoms with Crippen molar-refractivity contribution in [3.8, 4) is 0 Å². The van der Waals surface area contributed by atoms with Gasteiger partial charge in [0.15, 0.2) is 0 Å². The minimum atomic E-state index is -0.198. The number of aromatic nitrogens is 2. The van der Waals surface area contributed by atoms with Gasteiger partial charge in [0.2, 0.25) is 5.91 Å². The van der Waals surface area contributed by atoms with Crippen molar-refractivity contribution >= 4 is 27.7 Å². The number of nitrogens with zero attached hydrogens (tertiary/aromatic N) is 3. The van der Waals surface area contributed by atoms with Crippen LogP contribution in [0.5, 0.6) is 0 Å². The second-order valence-corrected chi connectivity index (χ2v) is 10.5. The van der Waals surface area contributed by atoms with E-state index in [1.165, 1.54) is 21.9 Å². The molecule has 5 rings (SSSR count). The molecule has 1 aromatic heterocycles. The van der Waals surface area contributed by atoms with Gasteiger partial charge in [-0.05, 0) is 66.6 Å². The quantitative estimate of drug-likeness (QED) is 0.322. The van der Waals surface area contributed by atoms with Crippen LogP contribution in [0.1, 0.15) is 48.6 Å². The zero-order valence-electron chi connectivity index (χ0n) is 22.0. The van der Waals surface area contributed by atoms with Crippen molar-refractivity contribution in [1.82, 2.24) is 14.5 Å². The average molecular weight is 499 g/mol. The Morgan fingerprint density at radius 1 is 1.14 bits per heavy atom. The third kappa shape index (κ3) is 5.86. The molecule has 2 N–H and O–H groups in total. The molecule has 1 fully saturated rings. The van der Waals surface area contributed by atoms with Gasteiger partial charge in [0, 0.05) is 51.7 Å². The predicted octanol–water partition coefficient (Wildman–Crippen LogP) is 5.20. The van der Waals surface area contributed by atoms with E-state index < -0.39 is 0 Å². The molecule has 2 heterocycles. The highest BCUT2D eigenvalue weighted by Gasteiger charge is 2.29. The van der Waals surface area contributed by atoms with Gasteiger partial charge in [0.1, 0.15) is 5.82 Å². The van der Waals surface area contributed by atoms with E-state index in [9.17, 15) is 4.79 Å². The highest BCUT2D eigenvalue weighted by Crippen LogP contribution is 2.30. The molecule has 0 aliphatic carbocycles. The minimum Gasteiger partial charge on any atom is -0.385 e. The van der Waals surface area contributed by atoms with Gasteiger partial charge in [-0.3, -0.25) is 4.79 Å². The molecule has 1 amide bonds. The lowest BCUT2D eigenvalue weighted by atomic mass is 9.95. The number of aryl methyl sites for hydroxylation is 2. The van der Waals surface area contributed by atoms with Crippen molar-refractivity contribution in [3.63, 3.8) is 0 Å². The third-order valence-electron chi connectivity index (χ3n) is 7.55. The number of carbonyl (C=O) groups excluding carboxylic acids is 1. The van der Waals surface area contributed by atoms with E-state index in [0.29, 0.717) is 19.4 Å². The lowest BCUT2D eigenvalue weighted by molar-refractivity contribution is -0.132. The Labute approximate surface area is 219 Å². The van der Waals surface area contributed by atoms with Gasteiger partial charge in [0.25, 0.3) is 0 Å². The fourth-order valence-electron chi connectivity index (χ4n) is 5.68. The molecule has 3 aromatic carbocycles. The Balaban J connectivity index is 1.27. The zero-order valence-corrected chi connectivity index (χ0v) is 22.0. The summed E-state index contributed by atoms with van der Waals surface area (Å²) in [7, 11) is 1.74. The van der Waals surface area contributed by atoms with E-state index in [-0.39, 0.29) is 17.9 Å². The zero-order chi connectivity index (χ0) is 25.8. The van der Waals surface area contributed by atoms with Crippen LogP contribution in [-0.4, -0.2) is 53.2 Å². The molecule has 0 radical (unpaired) electrons. The number of fused-ring (bicyclic) bond motifs is 2. The molecule has 4 aromatic rings. The van der Waals surface area contributed by atoms with Crippen LogP contribution in [0.3, 0.4) is 0 Å². The number of likely N-dealkylation sites (tertiary alicyclic amines) is 1. The molecule has 194 valence electrons. The molecule has 2 atom stereocenters. The first-order valence-corrected chi connectivity index (χ1v) is 13.5. The van der Waals surface area contributed by atoms with Gasteiger partial charge < -0.3 is 19.9 Å². The predicted molar refractivity (Wildman–Crippen MR) is 150 cm³/mol. The fourth-order valence-corrected chi connectivity index (χ4v) is 5.68. The first-order chi connectivity index (χ1) is 18.0. The van der Waals surface area contributed by atoms with Gasteiger partial charge in [-0.1, -0.05) is 48.5 Å². The standard InChI is InChI=1S/C31H38N4O2/c1-22-10-13-29-28(17-22)33-31(35(29)15-6-16-37-2)26-9-5-14-34(21-26)30(36)20-27(32)19-23-11-12-24-7-3-4-8-25(24)18-23/h3-4,7-8,10-13,17-18,26-27H,5-6,9,14-16,19-21,32H2,1-2H3. The molecule has 6 heteroatoms. The Bertz CT molecular complexity index is 1380. The van der Waals surface area contributed by atoms with Crippen LogP contribution >= 0.6 is 0 Å². The summed E-state index contributed by atoms with van der Waals surface area (Å²) < 4.78 is 7.65. The second kappa shape index (κ2) is 11.4. The number of imidazole rings is 1. The number of hydrogen-bond donors (Lipinski definition) is 1. The topological polar surface area (TPSA) is 73.4 Å². The molecule has 1 aliphatic heterocycles. The van der Waals surface area contributed by atoms with E-state index >= 15 is 0 Å². The van der Waals surface area contributed by atoms with E-state index in [4.69, 9.17) is 15.5 Å². The third-order valence-corrected chi connectivity index (χ3v) is 7.55. The van der Waals surface area contributed by atoms with Crippen molar-refractivity contribution in [3.05, 3.63) is 77.6 Å². The van der Waals surface area contributed by atoms with Gasteiger partial charge >= 0.3 is 0 Å². The number of hydrogen-bond acceptors (Lipinski definition) is 4. The first kappa shape index (κ1) is 25.4. The van der Waals surface area contributed by atoms with Crippen LogP contribution in [-0.2, 0) is 22.5 Å². The van der Waals surface area contributed by atoms with Crippen molar-refractivity contribution in [1.29, 1.82) is 0 Å². The molecular formula is C31H38N4O2. The Hall–Kier alpha value is -3.22. The molecule has 2 unspecified atom stereocenters. The molecule has 1 aliphatic rings. The number of nitrogens with two attached hydrogens (primary N) is 1. The largest absolute Gasteiger partial charge is 0.385 e. The second-order valence-electron chi connectivity index (χ2n) is 10.5. The average Bonchev–Trinajstić information content (AvgIpc) is 3.26. The first-order valence-electron chi connectivity index (χ1n) is 13.5. The number of methoxy groups -OCH3 is 1. The van der Waals surface area contributed by atoms with Crippen molar-refractivity contribution < 1.29 is 9.53 Å². The normalized spacial score (nSPS) is 16.9. The molecule has 0 bridgehead atoms. The smallest absolute Gasteiger partial charge is 0.224 e. The van der Waals surface area contributed by atoms with E-state index in [1.807, 2.05) is 11.0 Å². The number of carbonyl (C=O) groups is 1. The Morgan fingerprint density at radius 2 is 1.97 bits per heavy atom. The number of piperidine rings is 1. The highest BCUT2D eigenvalue weighted by atomic mass is 16.5. The molecule has 0 saturated carbocycles. The van der Waals surface area contributed by atoms with Crippen LogP contribution in [0.25, 0.3) is 21.8 Å². The highest BCUT2D eigenvalue weighted by molar-refractivity contribution is 5.83. The Kier molecular flexibility index (Phi) is 7.87. The molecule has 1 saturated heterocycles. The minimum absolute atomic E-state index is 0.149. The Morgan fingerprint density at radius 3 is 2.81 bits per heavy atom. The summed E-state index contributed by atoms with van der Waals surface area (Å²) in [6.45, 7) is 5.18. The maximum atomic E-state index is 13.3. The maximum Gasteiger partial charge on any atom is 0.224 e.